The Balaban J connectivity index is 1.98. The monoisotopic (exact) mass is 265 g/mol. The van der Waals surface area contributed by atoms with Crippen LogP contribution in [0.15, 0.2) is 4.52 Å². The van der Waals surface area contributed by atoms with Crippen molar-refractivity contribution in [2.75, 3.05) is 5.32 Å². The zero-order chi connectivity index (χ0) is 12.5. The number of hydrogen-bond acceptors (Lipinski definition) is 7. The average molecular weight is 265 g/mol. The van der Waals surface area contributed by atoms with Gasteiger partial charge >= 0.3 is 6.18 Å². The molecule has 92 valence electrons. The maximum atomic E-state index is 12.2. The standard InChI is InChI=1S/C7H6F3N5OS/c1-3-12-4(16-14-3)2-11-6-13-5(15-17-6)7(8,9)10/h2H2,1H3,(H,11,13,15). The Hall–Kier alpha value is -1.71. The summed E-state index contributed by atoms with van der Waals surface area (Å²) in [5.74, 6) is -0.437. The highest BCUT2D eigenvalue weighted by Gasteiger charge is 2.36. The summed E-state index contributed by atoms with van der Waals surface area (Å²) in [6.45, 7) is 1.74. The Bertz CT molecular complexity index is 508. The molecule has 1 N–H and O–H groups in total. The Morgan fingerprint density at radius 2 is 2.12 bits per heavy atom. The third kappa shape index (κ3) is 2.90. The number of alkyl halides is 3. The second kappa shape index (κ2) is 4.28. The third-order valence-electron chi connectivity index (χ3n) is 1.64. The minimum Gasteiger partial charge on any atom is -0.351 e. The van der Waals surface area contributed by atoms with E-state index in [9.17, 15) is 13.2 Å². The van der Waals surface area contributed by atoms with E-state index in [4.69, 9.17) is 4.52 Å². The van der Waals surface area contributed by atoms with Gasteiger partial charge in [0.05, 0.1) is 6.54 Å². The second-order valence-electron chi connectivity index (χ2n) is 3.01. The summed E-state index contributed by atoms with van der Waals surface area (Å²) in [4.78, 5) is 7.16. The molecular weight excluding hydrogens is 259 g/mol. The molecule has 0 saturated carbocycles. The topological polar surface area (TPSA) is 76.7 Å². The van der Waals surface area contributed by atoms with Crippen molar-refractivity contribution in [2.24, 2.45) is 0 Å². The van der Waals surface area contributed by atoms with E-state index in [1.54, 1.807) is 6.92 Å². The maximum Gasteiger partial charge on any atom is 0.452 e. The minimum atomic E-state index is -4.53. The van der Waals surface area contributed by atoms with Crippen molar-refractivity contribution in [3.63, 3.8) is 0 Å². The molecule has 10 heteroatoms. The highest BCUT2D eigenvalue weighted by Crippen LogP contribution is 2.28. The summed E-state index contributed by atoms with van der Waals surface area (Å²) in [7, 11) is 0. The molecule has 0 spiro atoms. The lowest BCUT2D eigenvalue weighted by Gasteiger charge is -1.98. The van der Waals surface area contributed by atoms with Gasteiger partial charge in [-0.25, -0.2) is 0 Å². The summed E-state index contributed by atoms with van der Waals surface area (Å²) in [5, 5.41) is 6.20. The first-order valence-corrected chi connectivity index (χ1v) is 5.16. The minimum absolute atomic E-state index is 0.0492. The summed E-state index contributed by atoms with van der Waals surface area (Å²) >= 11 is 0.620. The van der Waals surface area contributed by atoms with Gasteiger partial charge in [-0.05, 0) is 6.92 Å². The number of halogens is 3. The van der Waals surface area contributed by atoms with Crippen molar-refractivity contribution in [2.45, 2.75) is 19.6 Å². The molecule has 2 aromatic rings. The maximum absolute atomic E-state index is 12.2. The number of aromatic nitrogens is 4. The number of nitrogens with zero attached hydrogens (tertiary/aromatic N) is 4. The van der Waals surface area contributed by atoms with Gasteiger partial charge in [0.25, 0.3) is 0 Å². The molecule has 0 aliphatic carbocycles. The first-order valence-electron chi connectivity index (χ1n) is 4.39. The number of anilines is 1. The fourth-order valence-corrected chi connectivity index (χ4v) is 1.55. The van der Waals surface area contributed by atoms with Crippen LogP contribution >= 0.6 is 11.5 Å². The highest BCUT2D eigenvalue weighted by atomic mass is 32.1. The Morgan fingerprint density at radius 1 is 1.35 bits per heavy atom. The molecule has 0 aliphatic rings. The van der Waals surface area contributed by atoms with Crippen molar-refractivity contribution in [3.8, 4) is 0 Å². The zero-order valence-electron chi connectivity index (χ0n) is 8.45. The van der Waals surface area contributed by atoms with Crippen LogP contribution in [-0.4, -0.2) is 19.5 Å². The Morgan fingerprint density at radius 3 is 2.65 bits per heavy atom. The van der Waals surface area contributed by atoms with Crippen LogP contribution in [0, 0.1) is 6.92 Å². The van der Waals surface area contributed by atoms with Crippen LogP contribution in [0.1, 0.15) is 17.5 Å². The molecule has 17 heavy (non-hydrogen) atoms. The van der Waals surface area contributed by atoms with Crippen LogP contribution in [0.25, 0.3) is 0 Å². The quantitative estimate of drug-likeness (QED) is 0.912. The van der Waals surface area contributed by atoms with Crippen molar-refractivity contribution < 1.29 is 17.7 Å². The van der Waals surface area contributed by atoms with Crippen molar-refractivity contribution in [1.82, 2.24) is 19.5 Å². The normalized spacial score (nSPS) is 11.8. The van der Waals surface area contributed by atoms with Crippen LogP contribution in [0.4, 0.5) is 18.3 Å². The fourth-order valence-electron chi connectivity index (χ4n) is 0.973. The van der Waals surface area contributed by atoms with Gasteiger partial charge in [0.2, 0.25) is 16.8 Å². The molecule has 0 unspecified atom stereocenters. The van der Waals surface area contributed by atoms with Crippen LogP contribution < -0.4 is 5.32 Å². The van der Waals surface area contributed by atoms with E-state index in [0.717, 1.165) is 0 Å². The predicted molar refractivity (Wildman–Crippen MR) is 51.3 cm³/mol. The summed E-state index contributed by atoms with van der Waals surface area (Å²) < 4.78 is 44.5. The summed E-state index contributed by atoms with van der Waals surface area (Å²) in [6, 6.07) is 0. The van der Waals surface area contributed by atoms with Gasteiger partial charge in [0, 0.05) is 11.5 Å². The summed E-state index contributed by atoms with van der Waals surface area (Å²) in [5.41, 5.74) is 0. The molecule has 0 radical (unpaired) electrons. The van der Waals surface area contributed by atoms with Crippen LogP contribution in [0.5, 0.6) is 0 Å². The van der Waals surface area contributed by atoms with E-state index in [2.05, 4.69) is 24.8 Å². The summed E-state index contributed by atoms with van der Waals surface area (Å²) in [6.07, 6.45) is -4.53. The predicted octanol–water partition coefficient (Wildman–Crippen LogP) is 1.86. The van der Waals surface area contributed by atoms with Crippen LogP contribution in [0.2, 0.25) is 0 Å². The van der Waals surface area contributed by atoms with Gasteiger partial charge < -0.3 is 9.84 Å². The average Bonchev–Trinajstić information content (AvgIpc) is 2.82. The largest absolute Gasteiger partial charge is 0.452 e. The molecule has 0 amide bonds. The van der Waals surface area contributed by atoms with Crippen LogP contribution in [0.3, 0.4) is 0 Å². The molecule has 0 aliphatic heterocycles. The van der Waals surface area contributed by atoms with Gasteiger partial charge in [0.1, 0.15) is 0 Å². The van der Waals surface area contributed by atoms with Crippen LogP contribution in [-0.2, 0) is 12.7 Å². The van der Waals surface area contributed by atoms with Gasteiger partial charge in [0.15, 0.2) is 5.82 Å². The van der Waals surface area contributed by atoms with E-state index in [0.29, 0.717) is 17.4 Å². The van der Waals surface area contributed by atoms with E-state index >= 15 is 0 Å². The highest BCUT2D eigenvalue weighted by molar-refractivity contribution is 7.09. The molecule has 6 nitrogen and oxygen atoms in total. The molecule has 0 saturated heterocycles. The lowest BCUT2D eigenvalue weighted by atomic mass is 10.6. The fraction of sp³-hybridized carbons (Fsp3) is 0.429. The molecule has 2 aromatic heterocycles. The smallest absolute Gasteiger partial charge is 0.351 e. The molecule has 0 fully saturated rings. The number of hydrogen-bond donors (Lipinski definition) is 1. The SMILES string of the molecule is Cc1noc(CNc2nc(C(F)(F)F)ns2)n1. The number of nitrogens with one attached hydrogen (secondary N) is 1. The van der Waals surface area contributed by atoms with Crippen molar-refractivity contribution >= 4 is 16.7 Å². The second-order valence-corrected chi connectivity index (χ2v) is 3.76. The van der Waals surface area contributed by atoms with E-state index in [1.807, 2.05) is 0 Å². The third-order valence-corrected chi connectivity index (χ3v) is 2.31. The van der Waals surface area contributed by atoms with Gasteiger partial charge in [-0.3, -0.25) is 0 Å². The lowest BCUT2D eigenvalue weighted by molar-refractivity contribution is -0.144. The van der Waals surface area contributed by atoms with Gasteiger partial charge in [-0.1, -0.05) is 5.16 Å². The molecule has 0 bridgehead atoms. The lowest BCUT2D eigenvalue weighted by Crippen LogP contribution is -2.07. The van der Waals surface area contributed by atoms with Crippen molar-refractivity contribution in [1.29, 1.82) is 0 Å². The first-order chi connectivity index (χ1) is 7.95. The molecular formula is C7H6F3N5OS. The zero-order valence-corrected chi connectivity index (χ0v) is 9.26. The van der Waals surface area contributed by atoms with Gasteiger partial charge in [-0.15, -0.1) is 0 Å². The first kappa shape index (κ1) is 11.8. The van der Waals surface area contributed by atoms with E-state index < -0.39 is 12.0 Å². The van der Waals surface area contributed by atoms with Gasteiger partial charge in [-0.2, -0.15) is 27.5 Å². The van der Waals surface area contributed by atoms with E-state index in [1.165, 1.54) is 0 Å². The number of aryl methyl sites for hydroxylation is 1. The molecule has 0 atom stereocenters. The van der Waals surface area contributed by atoms with Crippen molar-refractivity contribution in [3.05, 3.63) is 17.5 Å². The Labute approximate surface area is 97.0 Å². The molecule has 2 heterocycles. The Kier molecular flexibility index (Phi) is 2.96. The van der Waals surface area contributed by atoms with E-state index in [-0.39, 0.29) is 17.6 Å². The number of rotatable bonds is 3. The molecule has 2 rings (SSSR count). The molecule has 0 aromatic carbocycles.